The van der Waals surface area contributed by atoms with Crippen molar-refractivity contribution in [2.24, 2.45) is 0 Å². The van der Waals surface area contributed by atoms with Gasteiger partial charge in [-0.15, -0.1) is 0 Å². The van der Waals surface area contributed by atoms with E-state index in [-0.39, 0.29) is 10.6 Å². The lowest BCUT2D eigenvalue weighted by molar-refractivity contribution is -0.137. The Kier molecular flexibility index (Phi) is 5.63. The Bertz CT molecular complexity index is 500. The SMILES string of the molecule is FC(F)C[C@@H](c1cc(Cl)cc(C(F)(F)F)c1)N1CCNCC1. The van der Waals surface area contributed by atoms with Crippen molar-refractivity contribution >= 4 is 11.6 Å². The summed E-state index contributed by atoms with van der Waals surface area (Å²) < 4.78 is 64.4. The molecule has 124 valence electrons. The predicted octanol–water partition coefficient (Wildman–Crippen LogP) is 3.96. The van der Waals surface area contributed by atoms with Gasteiger partial charge in [0, 0.05) is 43.7 Å². The van der Waals surface area contributed by atoms with E-state index in [4.69, 9.17) is 11.6 Å². The molecule has 2 nitrogen and oxygen atoms in total. The zero-order valence-corrected chi connectivity index (χ0v) is 12.4. The normalized spacial score (nSPS) is 18.7. The fourth-order valence-electron chi connectivity index (χ4n) is 2.63. The molecule has 0 radical (unpaired) electrons. The molecule has 0 bridgehead atoms. The van der Waals surface area contributed by atoms with Gasteiger partial charge < -0.3 is 5.32 Å². The molecule has 0 unspecified atom stereocenters. The Morgan fingerprint density at radius 3 is 2.32 bits per heavy atom. The van der Waals surface area contributed by atoms with Crippen molar-refractivity contribution in [3.05, 3.63) is 34.3 Å². The number of nitrogens with zero attached hydrogens (tertiary/aromatic N) is 1. The smallest absolute Gasteiger partial charge is 0.314 e. The highest BCUT2D eigenvalue weighted by molar-refractivity contribution is 6.30. The molecule has 1 aliphatic rings. The lowest BCUT2D eigenvalue weighted by atomic mass is 9.99. The minimum absolute atomic E-state index is 0.0979. The first-order valence-electron chi connectivity index (χ1n) is 6.88. The Morgan fingerprint density at radius 1 is 1.14 bits per heavy atom. The van der Waals surface area contributed by atoms with E-state index in [0.717, 1.165) is 12.1 Å². The third-order valence-electron chi connectivity index (χ3n) is 3.63. The van der Waals surface area contributed by atoms with Gasteiger partial charge in [-0.1, -0.05) is 11.6 Å². The second-order valence-electron chi connectivity index (χ2n) is 5.20. The van der Waals surface area contributed by atoms with Gasteiger partial charge in [0.15, 0.2) is 0 Å². The molecule has 1 heterocycles. The van der Waals surface area contributed by atoms with Crippen molar-refractivity contribution in [2.75, 3.05) is 26.2 Å². The standard InChI is InChI=1S/C14H16ClF5N2/c15-11-6-9(5-10(7-11)14(18,19)20)12(8-13(16)17)22-3-1-21-2-4-22/h5-7,12-13,21H,1-4,8H2/t12-/m0/s1. The Hall–Kier alpha value is -0.920. The summed E-state index contributed by atoms with van der Waals surface area (Å²) in [6.07, 6.45) is -7.68. The number of rotatable bonds is 4. The molecule has 0 saturated carbocycles. The molecule has 2 rings (SSSR count). The fourth-order valence-corrected chi connectivity index (χ4v) is 2.87. The number of benzene rings is 1. The van der Waals surface area contributed by atoms with Crippen LogP contribution in [0.15, 0.2) is 18.2 Å². The molecular formula is C14H16ClF5N2. The maximum atomic E-state index is 12.9. The van der Waals surface area contributed by atoms with E-state index in [1.807, 2.05) is 0 Å². The molecule has 0 amide bonds. The summed E-state index contributed by atoms with van der Waals surface area (Å²) in [5.74, 6) is 0. The van der Waals surface area contributed by atoms with E-state index in [9.17, 15) is 22.0 Å². The van der Waals surface area contributed by atoms with Crippen LogP contribution in [0.5, 0.6) is 0 Å². The van der Waals surface area contributed by atoms with Gasteiger partial charge in [-0.3, -0.25) is 4.90 Å². The van der Waals surface area contributed by atoms with Crippen LogP contribution in [0.3, 0.4) is 0 Å². The fraction of sp³-hybridized carbons (Fsp3) is 0.571. The monoisotopic (exact) mass is 342 g/mol. The van der Waals surface area contributed by atoms with Crippen molar-refractivity contribution < 1.29 is 22.0 Å². The van der Waals surface area contributed by atoms with Crippen LogP contribution in [-0.2, 0) is 6.18 Å². The number of hydrogen-bond acceptors (Lipinski definition) is 2. The summed E-state index contributed by atoms with van der Waals surface area (Å²) >= 11 is 5.76. The maximum Gasteiger partial charge on any atom is 0.416 e. The molecule has 0 aliphatic carbocycles. The van der Waals surface area contributed by atoms with Crippen LogP contribution in [0.4, 0.5) is 22.0 Å². The van der Waals surface area contributed by atoms with Crippen molar-refractivity contribution in [3.8, 4) is 0 Å². The molecule has 22 heavy (non-hydrogen) atoms. The van der Waals surface area contributed by atoms with Gasteiger partial charge in [0.05, 0.1) is 5.56 Å². The van der Waals surface area contributed by atoms with Gasteiger partial charge >= 0.3 is 6.18 Å². The lowest BCUT2D eigenvalue weighted by Crippen LogP contribution is -2.45. The topological polar surface area (TPSA) is 15.3 Å². The predicted molar refractivity (Wildman–Crippen MR) is 74.3 cm³/mol. The van der Waals surface area contributed by atoms with Crippen molar-refractivity contribution in [1.82, 2.24) is 10.2 Å². The van der Waals surface area contributed by atoms with Crippen LogP contribution in [0.1, 0.15) is 23.6 Å². The van der Waals surface area contributed by atoms with Gasteiger partial charge in [0.25, 0.3) is 0 Å². The van der Waals surface area contributed by atoms with E-state index in [1.165, 1.54) is 6.07 Å². The third kappa shape index (κ3) is 4.54. The molecule has 1 aromatic carbocycles. The van der Waals surface area contributed by atoms with E-state index in [2.05, 4.69) is 5.32 Å². The van der Waals surface area contributed by atoms with Crippen LogP contribution < -0.4 is 5.32 Å². The summed E-state index contributed by atoms with van der Waals surface area (Å²) in [6.45, 7) is 2.25. The first-order valence-corrected chi connectivity index (χ1v) is 7.26. The Labute approximate surface area is 130 Å². The zero-order valence-electron chi connectivity index (χ0n) is 11.6. The highest BCUT2D eigenvalue weighted by atomic mass is 35.5. The largest absolute Gasteiger partial charge is 0.416 e. The van der Waals surface area contributed by atoms with Gasteiger partial charge in [-0.05, 0) is 23.8 Å². The molecule has 0 spiro atoms. The minimum atomic E-state index is -4.56. The second kappa shape index (κ2) is 7.10. The van der Waals surface area contributed by atoms with Gasteiger partial charge in [0.2, 0.25) is 6.43 Å². The van der Waals surface area contributed by atoms with E-state index in [1.54, 1.807) is 4.90 Å². The van der Waals surface area contributed by atoms with Gasteiger partial charge in [-0.2, -0.15) is 13.2 Å². The third-order valence-corrected chi connectivity index (χ3v) is 3.84. The van der Waals surface area contributed by atoms with Crippen molar-refractivity contribution in [1.29, 1.82) is 0 Å². The number of alkyl halides is 5. The number of hydrogen-bond donors (Lipinski definition) is 1. The molecule has 1 fully saturated rings. The van der Waals surface area contributed by atoms with Crippen LogP contribution in [-0.4, -0.2) is 37.5 Å². The minimum Gasteiger partial charge on any atom is -0.314 e. The molecule has 8 heteroatoms. The van der Waals surface area contributed by atoms with E-state index >= 15 is 0 Å². The molecule has 1 atom stereocenters. The van der Waals surface area contributed by atoms with Crippen LogP contribution in [0, 0.1) is 0 Å². The number of piperazine rings is 1. The molecule has 1 aromatic rings. The van der Waals surface area contributed by atoms with Crippen LogP contribution in [0.25, 0.3) is 0 Å². The molecule has 0 aromatic heterocycles. The first-order chi connectivity index (χ1) is 10.3. The second-order valence-corrected chi connectivity index (χ2v) is 5.64. The van der Waals surface area contributed by atoms with Gasteiger partial charge in [0.1, 0.15) is 0 Å². The Morgan fingerprint density at radius 2 is 1.77 bits per heavy atom. The van der Waals surface area contributed by atoms with Crippen molar-refractivity contribution in [3.63, 3.8) is 0 Å². The summed E-state index contributed by atoms with van der Waals surface area (Å²) in [4.78, 5) is 1.77. The van der Waals surface area contributed by atoms with E-state index < -0.39 is 30.6 Å². The highest BCUT2D eigenvalue weighted by Gasteiger charge is 2.33. The quantitative estimate of drug-likeness (QED) is 0.833. The lowest BCUT2D eigenvalue weighted by Gasteiger charge is -2.35. The highest BCUT2D eigenvalue weighted by Crippen LogP contribution is 2.36. The molecule has 1 saturated heterocycles. The van der Waals surface area contributed by atoms with Crippen LogP contribution in [0.2, 0.25) is 5.02 Å². The molecular weight excluding hydrogens is 327 g/mol. The number of nitrogens with one attached hydrogen (secondary N) is 1. The summed E-state index contributed by atoms with van der Waals surface area (Å²) in [5.41, 5.74) is -0.730. The average molecular weight is 343 g/mol. The van der Waals surface area contributed by atoms with Gasteiger partial charge in [-0.25, -0.2) is 8.78 Å². The Balaban J connectivity index is 2.35. The average Bonchev–Trinajstić information content (AvgIpc) is 2.44. The summed E-state index contributed by atoms with van der Waals surface area (Å²) in [5, 5.41) is 2.99. The molecule has 1 N–H and O–H groups in total. The summed E-state index contributed by atoms with van der Waals surface area (Å²) in [7, 11) is 0. The maximum absolute atomic E-state index is 12.9. The van der Waals surface area contributed by atoms with Crippen molar-refractivity contribution in [2.45, 2.75) is 25.1 Å². The van der Waals surface area contributed by atoms with E-state index in [0.29, 0.717) is 26.2 Å². The zero-order chi connectivity index (χ0) is 16.3. The summed E-state index contributed by atoms with van der Waals surface area (Å²) in [6, 6.07) is 2.29. The molecule has 1 aliphatic heterocycles. The first kappa shape index (κ1) is 17.4. The number of halogens is 6. The van der Waals surface area contributed by atoms with Crippen LogP contribution >= 0.6 is 11.6 Å².